The van der Waals surface area contributed by atoms with Crippen molar-refractivity contribution in [3.05, 3.63) is 58.5 Å². The van der Waals surface area contributed by atoms with E-state index in [2.05, 4.69) is 10.3 Å². The van der Waals surface area contributed by atoms with E-state index in [1.54, 1.807) is 17.9 Å². The molecule has 1 N–H and O–H groups in total. The molecular formula is C23H24N4O3S2. The van der Waals surface area contributed by atoms with Gasteiger partial charge in [-0.1, -0.05) is 30.8 Å². The summed E-state index contributed by atoms with van der Waals surface area (Å²) in [5.74, 6) is 0.860. The molecule has 0 bridgehead atoms. The summed E-state index contributed by atoms with van der Waals surface area (Å²) in [6.07, 6.45) is 2.57. The van der Waals surface area contributed by atoms with Crippen LogP contribution in [0.2, 0.25) is 0 Å². The van der Waals surface area contributed by atoms with E-state index in [9.17, 15) is 9.59 Å². The molecule has 0 radical (unpaired) electrons. The number of benzene rings is 1. The van der Waals surface area contributed by atoms with Gasteiger partial charge in [-0.25, -0.2) is 9.97 Å². The number of methoxy groups -OCH3 is 1. The molecule has 0 aliphatic heterocycles. The molecule has 9 heteroatoms. The van der Waals surface area contributed by atoms with Gasteiger partial charge in [-0.3, -0.25) is 14.2 Å². The number of carbonyl (C=O) groups excluding carboxylic acids is 1. The van der Waals surface area contributed by atoms with Crippen LogP contribution in [-0.2, 0) is 11.3 Å². The molecule has 1 aromatic carbocycles. The lowest BCUT2D eigenvalue weighted by Gasteiger charge is -2.14. The van der Waals surface area contributed by atoms with Crippen molar-refractivity contribution in [2.24, 2.45) is 0 Å². The first-order valence-corrected chi connectivity index (χ1v) is 12.1. The van der Waals surface area contributed by atoms with E-state index in [1.807, 2.05) is 50.2 Å². The summed E-state index contributed by atoms with van der Waals surface area (Å²) < 4.78 is 7.44. The van der Waals surface area contributed by atoms with Crippen molar-refractivity contribution in [1.29, 1.82) is 0 Å². The van der Waals surface area contributed by atoms with Gasteiger partial charge < -0.3 is 10.1 Å². The van der Waals surface area contributed by atoms with E-state index in [4.69, 9.17) is 9.72 Å². The molecule has 0 saturated heterocycles. The SMILES string of the molecule is CCC(C)NC(=O)CSc1nc2c(sc3ncccc32)c(=O)n1Cc1ccc(OC)cc1. The highest BCUT2D eigenvalue weighted by molar-refractivity contribution is 7.99. The molecule has 32 heavy (non-hydrogen) atoms. The Morgan fingerprint density at radius 2 is 2.06 bits per heavy atom. The van der Waals surface area contributed by atoms with Crippen LogP contribution in [-0.4, -0.2) is 39.3 Å². The standard InChI is InChI=1S/C23H24N4O3S2/c1-4-14(2)25-18(28)13-31-23-26-19-17-6-5-11-24-21(17)32-20(19)22(29)27(23)12-15-7-9-16(30-3)10-8-15/h5-11,14H,4,12-13H2,1-3H3,(H,25,28). The lowest BCUT2D eigenvalue weighted by Crippen LogP contribution is -2.33. The van der Waals surface area contributed by atoms with E-state index < -0.39 is 0 Å². The Balaban J connectivity index is 1.75. The molecule has 166 valence electrons. The number of hydrogen-bond acceptors (Lipinski definition) is 7. The highest BCUT2D eigenvalue weighted by Gasteiger charge is 2.18. The Labute approximate surface area is 193 Å². The summed E-state index contributed by atoms with van der Waals surface area (Å²) in [4.78, 5) is 35.8. The van der Waals surface area contributed by atoms with E-state index in [0.29, 0.717) is 21.9 Å². The maximum absolute atomic E-state index is 13.5. The van der Waals surface area contributed by atoms with Gasteiger partial charge in [0.25, 0.3) is 5.56 Å². The number of thiophene rings is 1. The van der Waals surface area contributed by atoms with E-state index in [0.717, 1.165) is 28.0 Å². The Kier molecular flexibility index (Phi) is 6.76. The number of ether oxygens (including phenoxy) is 1. The van der Waals surface area contributed by atoms with Gasteiger partial charge in [-0.15, -0.1) is 11.3 Å². The van der Waals surface area contributed by atoms with E-state index >= 15 is 0 Å². The number of amides is 1. The summed E-state index contributed by atoms with van der Waals surface area (Å²) >= 11 is 2.62. The lowest BCUT2D eigenvalue weighted by atomic mass is 10.2. The second-order valence-corrected chi connectivity index (χ2v) is 9.38. The third kappa shape index (κ3) is 4.63. The van der Waals surface area contributed by atoms with Crippen molar-refractivity contribution >= 4 is 49.4 Å². The minimum Gasteiger partial charge on any atom is -0.497 e. The van der Waals surface area contributed by atoms with Gasteiger partial charge >= 0.3 is 0 Å². The van der Waals surface area contributed by atoms with Crippen molar-refractivity contribution in [3.8, 4) is 5.75 Å². The minimum atomic E-state index is -0.126. The van der Waals surface area contributed by atoms with E-state index in [1.165, 1.54) is 23.1 Å². The van der Waals surface area contributed by atoms with Crippen LogP contribution in [0.3, 0.4) is 0 Å². The summed E-state index contributed by atoms with van der Waals surface area (Å²) in [7, 11) is 1.62. The van der Waals surface area contributed by atoms with Crippen LogP contribution >= 0.6 is 23.1 Å². The molecule has 1 atom stereocenters. The van der Waals surface area contributed by atoms with Crippen LogP contribution in [0.25, 0.3) is 20.4 Å². The topological polar surface area (TPSA) is 86.1 Å². The second kappa shape index (κ2) is 9.70. The number of carbonyl (C=O) groups is 1. The molecule has 1 unspecified atom stereocenters. The number of aromatic nitrogens is 3. The van der Waals surface area contributed by atoms with Crippen LogP contribution in [0.4, 0.5) is 0 Å². The lowest BCUT2D eigenvalue weighted by molar-refractivity contribution is -0.119. The summed E-state index contributed by atoms with van der Waals surface area (Å²) in [5.41, 5.74) is 1.46. The molecule has 4 aromatic rings. The molecule has 0 spiro atoms. The number of thioether (sulfide) groups is 1. The normalized spacial score (nSPS) is 12.2. The van der Waals surface area contributed by atoms with Crippen LogP contribution in [0, 0.1) is 0 Å². The van der Waals surface area contributed by atoms with Gasteiger partial charge in [0.1, 0.15) is 15.3 Å². The summed E-state index contributed by atoms with van der Waals surface area (Å²) in [6, 6.07) is 11.4. The summed E-state index contributed by atoms with van der Waals surface area (Å²) in [6.45, 7) is 4.34. The second-order valence-electron chi connectivity index (χ2n) is 7.44. The van der Waals surface area contributed by atoms with Gasteiger partial charge in [-0.2, -0.15) is 0 Å². The van der Waals surface area contributed by atoms with Gasteiger partial charge in [0, 0.05) is 17.6 Å². The fraction of sp³-hybridized carbons (Fsp3) is 0.304. The molecule has 3 heterocycles. The predicted octanol–water partition coefficient (Wildman–Crippen LogP) is 4.07. The molecule has 0 saturated carbocycles. The Bertz CT molecular complexity index is 1310. The molecule has 3 aromatic heterocycles. The molecule has 0 aliphatic carbocycles. The quantitative estimate of drug-likeness (QED) is 0.310. The fourth-order valence-corrected chi connectivity index (χ4v) is 5.09. The third-order valence-electron chi connectivity index (χ3n) is 5.17. The van der Waals surface area contributed by atoms with E-state index in [-0.39, 0.29) is 23.3 Å². The van der Waals surface area contributed by atoms with Crippen molar-refractivity contribution in [2.75, 3.05) is 12.9 Å². The molecule has 7 nitrogen and oxygen atoms in total. The highest BCUT2D eigenvalue weighted by Crippen LogP contribution is 2.30. The summed E-state index contributed by atoms with van der Waals surface area (Å²) in [5, 5.41) is 4.33. The van der Waals surface area contributed by atoms with Crippen LogP contribution in [0.15, 0.2) is 52.5 Å². The average Bonchev–Trinajstić information content (AvgIpc) is 3.19. The largest absolute Gasteiger partial charge is 0.497 e. The number of hydrogen-bond donors (Lipinski definition) is 1. The van der Waals surface area contributed by atoms with Crippen LogP contribution < -0.4 is 15.6 Å². The van der Waals surface area contributed by atoms with Crippen molar-refractivity contribution < 1.29 is 9.53 Å². The van der Waals surface area contributed by atoms with Gasteiger partial charge in [0.15, 0.2) is 5.16 Å². The first kappa shape index (κ1) is 22.3. The zero-order valence-corrected chi connectivity index (χ0v) is 19.8. The highest BCUT2D eigenvalue weighted by atomic mass is 32.2. The number of rotatable bonds is 8. The number of nitrogens with one attached hydrogen (secondary N) is 1. The predicted molar refractivity (Wildman–Crippen MR) is 130 cm³/mol. The number of nitrogens with zero attached hydrogens (tertiary/aromatic N) is 3. The smallest absolute Gasteiger partial charge is 0.272 e. The maximum atomic E-state index is 13.5. The van der Waals surface area contributed by atoms with Crippen molar-refractivity contribution in [3.63, 3.8) is 0 Å². The third-order valence-corrected chi connectivity index (χ3v) is 7.24. The van der Waals surface area contributed by atoms with Crippen LogP contribution in [0.5, 0.6) is 5.75 Å². The molecular weight excluding hydrogens is 444 g/mol. The Hall–Kier alpha value is -2.91. The number of fused-ring (bicyclic) bond motifs is 3. The zero-order valence-electron chi connectivity index (χ0n) is 18.1. The molecule has 0 fully saturated rings. The first-order chi connectivity index (χ1) is 15.5. The fourth-order valence-electron chi connectivity index (χ4n) is 3.25. The number of pyridine rings is 1. The zero-order chi connectivity index (χ0) is 22.7. The van der Waals surface area contributed by atoms with Gasteiger partial charge in [-0.05, 0) is 43.2 Å². The first-order valence-electron chi connectivity index (χ1n) is 10.3. The Morgan fingerprint density at radius 3 is 2.78 bits per heavy atom. The van der Waals surface area contributed by atoms with Crippen LogP contribution in [0.1, 0.15) is 25.8 Å². The Morgan fingerprint density at radius 1 is 1.28 bits per heavy atom. The van der Waals surface area contributed by atoms with Gasteiger partial charge in [0.05, 0.1) is 24.9 Å². The van der Waals surface area contributed by atoms with Gasteiger partial charge in [0.2, 0.25) is 5.91 Å². The average molecular weight is 469 g/mol. The van der Waals surface area contributed by atoms with Crippen molar-refractivity contribution in [1.82, 2.24) is 19.9 Å². The minimum absolute atomic E-state index is 0.0773. The molecule has 0 aliphatic rings. The van der Waals surface area contributed by atoms with Crippen molar-refractivity contribution in [2.45, 2.75) is 38.0 Å². The molecule has 1 amide bonds. The monoisotopic (exact) mass is 468 g/mol. The molecule has 4 rings (SSSR count). The maximum Gasteiger partial charge on any atom is 0.272 e.